The molecule has 1 amide bonds. The van der Waals surface area contributed by atoms with Crippen molar-refractivity contribution in [3.05, 3.63) is 0 Å². The minimum Gasteiger partial charge on any atom is -0.380 e. The first-order chi connectivity index (χ1) is 9.30. The van der Waals surface area contributed by atoms with Crippen molar-refractivity contribution < 1.29 is 23.1 Å². The summed E-state index contributed by atoms with van der Waals surface area (Å²) >= 11 is 0. The summed E-state index contributed by atoms with van der Waals surface area (Å²) in [6.07, 6.45) is -2.33. The fourth-order valence-corrected chi connectivity index (χ4v) is 3.63. The normalized spacial score (nSPS) is 34.0. The van der Waals surface area contributed by atoms with E-state index in [-0.39, 0.29) is 43.8 Å². The Hall–Kier alpha value is -0.820. The molecule has 0 spiro atoms. The lowest BCUT2D eigenvalue weighted by Crippen LogP contribution is -2.55. The Morgan fingerprint density at radius 3 is 2.40 bits per heavy atom. The zero-order chi connectivity index (χ0) is 14.5. The summed E-state index contributed by atoms with van der Waals surface area (Å²) in [4.78, 5) is 15.7. The van der Waals surface area contributed by atoms with Gasteiger partial charge in [0.15, 0.2) is 5.60 Å². The molecule has 2 atom stereocenters. The first kappa shape index (κ1) is 14.1. The van der Waals surface area contributed by atoms with Crippen molar-refractivity contribution in [3.8, 4) is 0 Å². The summed E-state index contributed by atoms with van der Waals surface area (Å²) in [6.45, 7) is 0.766. The third kappa shape index (κ3) is 2.20. The van der Waals surface area contributed by atoms with Gasteiger partial charge >= 0.3 is 6.18 Å². The number of amides is 1. The van der Waals surface area contributed by atoms with E-state index in [4.69, 9.17) is 0 Å². The molecule has 1 aliphatic carbocycles. The van der Waals surface area contributed by atoms with Crippen LogP contribution in [0.3, 0.4) is 0 Å². The molecule has 2 saturated heterocycles. The van der Waals surface area contributed by atoms with Crippen LogP contribution in [0.1, 0.15) is 32.1 Å². The number of piperidine rings is 2. The molecule has 1 N–H and O–H groups in total. The Bertz CT molecular complexity index is 405. The van der Waals surface area contributed by atoms with Crippen LogP contribution in [0.2, 0.25) is 0 Å². The van der Waals surface area contributed by atoms with Crippen LogP contribution in [0.4, 0.5) is 13.2 Å². The molecule has 3 rings (SSSR count). The van der Waals surface area contributed by atoms with Gasteiger partial charge in [0.2, 0.25) is 5.91 Å². The lowest BCUT2D eigenvalue weighted by atomic mass is 9.91. The number of hydrogen-bond donors (Lipinski definition) is 1. The summed E-state index contributed by atoms with van der Waals surface area (Å²) < 4.78 is 38.1. The maximum atomic E-state index is 12.7. The van der Waals surface area contributed by atoms with Gasteiger partial charge in [0, 0.05) is 25.0 Å². The summed E-state index contributed by atoms with van der Waals surface area (Å²) in [6, 6.07) is 0.274. The number of rotatable bonds is 2. The van der Waals surface area contributed by atoms with Crippen LogP contribution in [0.25, 0.3) is 0 Å². The molecule has 4 nitrogen and oxygen atoms in total. The number of carbonyl (C=O) groups is 1. The fourth-order valence-electron chi connectivity index (χ4n) is 3.63. The minimum atomic E-state index is -4.57. The second-order valence-electron chi connectivity index (χ2n) is 6.26. The fraction of sp³-hybridized carbons (Fsp3) is 0.923. The first-order valence-corrected chi connectivity index (χ1v) is 7.12. The number of carbonyl (C=O) groups excluding carboxylic acids is 1. The molecule has 0 aromatic heterocycles. The maximum Gasteiger partial charge on any atom is 0.417 e. The van der Waals surface area contributed by atoms with Gasteiger partial charge in [0.25, 0.3) is 0 Å². The van der Waals surface area contributed by atoms with Crippen molar-refractivity contribution in [1.29, 1.82) is 0 Å². The Kier molecular flexibility index (Phi) is 3.25. The number of likely N-dealkylation sites (tertiary alicyclic amines) is 2. The lowest BCUT2D eigenvalue weighted by molar-refractivity contribution is -0.273. The van der Waals surface area contributed by atoms with Crippen LogP contribution in [0.5, 0.6) is 0 Å². The molecule has 114 valence electrons. The van der Waals surface area contributed by atoms with Gasteiger partial charge in [-0.05, 0) is 32.1 Å². The van der Waals surface area contributed by atoms with Crippen molar-refractivity contribution in [3.63, 3.8) is 0 Å². The second-order valence-corrected chi connectivity index (χ2v) is 6.26. The maximum absolute atomic E-state index is 12.7. The molecular weight excluding hydrogens is 273 g/mol. The number of alkyl halides is 3. The molecular formula is C13H19F3N2O2. The monoisotopic (exact) mass is 292 g/mol. The van der Waals surface area contributed by atoms with E-state index in [1.54, 1.807) is 0 Å². The third-order valence-electron chi connectivity index (χ3n) is 5.04. The standard InChI is InChI=1S/C13H19F3N2O2/c14-13(15,16)12(20)3-5-17(6-4-12)8-18-10-2-1-9(7-10)11(18)19/h9-10,20H,1-8H2. The smallest absolute Gasteiger partial charge is 0.380 e. The predicted molar refractivity (Wildman–Crippen MR) is 64.7 cm³/mol. The Balaban J connectivity index is 1.56. The second kappa shape index (κ2) is 4.59. The molecule has 2 bridgehead atoms. The van der Waals surface area contributed by atoms with E-state index in [9.17, 15) is 23.1 Å². The molecule has 2 heterocycles. The van der Waals surface area contributed by atoms with Gasteiger partial charge in [-0.1, -0.05) is 0 Å². The van der Waals surface area contributed by atoms with E-state index >= 15 is 0 Å². The number of hydrogen-bond acceptors (Lipinski definition) is 3. The van der Waals surface area contributed by atoms with Crippen molar-refractivity contribution in [2.75, 3.05) is 19.8 Å². The van der Waals surface area contributed by atoms with Gasteiger partial charge in [0.05, 0.1) is 6.67 Å². The van der Waals surface area contributed by atoms with Crippen LogP contribution in [0.15, 0.2) is 0 Å². The average Bonchev–Trinajstić information content (AvgIpc) is 2.94. The number of nitrogens with zero attached hydrogens (tertiary/aromatic N) is 2. The van der Waals surface area contributed by atoms with E-state index < -0.39 is 11.8 Å². The molecule has 20 heavy (non-hydrogen) atoms. The van der Waals surface area contributed by atoms with E-state index in [1.165, 1.54) is 0 Å². The molecule has 0 aromatic rings. The van der Waals surface area contributed by atoms with Crippen LogP contribution >= 0.6 is 0 Å². The Labute approximate surface area is 115 Å². The van der Waals surface area contributed by atoms with Gasteiger partial charge in [-0.2, -0.15) is 13.2 Å². The van der Waals surface area contributed by atoms with Crippen molar-refractivity contribution in [1.82, 2.24) is 9.80 Å². The minimum absolute atomic E-state index is 0.136. The highest BCUT2D eigenvalue weighted by molar-refractivity contribution is 5.82. The molecule has 0 radical (unpaired) electrons. The Morgan fingerprint density at radius 1 is 1.25 bits per heavy atom. The van der Waals surface area contributed by atoms with Crippen molar-refractivity contribution >= 4 is 5.91 Å². The SMILES string of the molecule is O=C1C2CCC(C2)N1CN1CCC(O)(C(F)(F)F)CC1. The van der Waals surface area contributed by atoms with Gasteiger partial charge < -0.3 is 10.0 Å². The van der Waals surface area contributed by atoms with E-state index in [0.29, 0.717) is 6.67 Å². The van der Waals surface area contributed by atoms with Gasteiger partial charge in [0.1, 0.15) is 0 Å². The molecule has 2 aliphatic heterocycles. The van der Waals surface area contributed by atoms with Gasteiger partial charge in [-0.3, -0.25) is 9.69 Å². The van der Waals surface area contributed by atoms with Crippen LogP contribution in [0, 0.1) is 5.92 Å². The molecule has 3 aliphatic rings. The van der Waals surface area contributed by atoms with Crippen molar-refractivity contribution in [2.24, 2.45) is 5.92 Å². The molecule has 1 saturated carbocycles. The quantitative estimate of drug-likeness (QED) is 0.835. The molecule has 3 fully saturated rings. The van der Waals surface area contributed by atoms with Crippen molar-refractivity contribution in [2.45, 2.75) is 49.9 Å². The van der Waals surface area contributed by atoms with Gasteiger partial charge in [-0.15, -0.1) is 0 Å². The summed E-state index contributed by atoms with van der Waals surface area (Å²) in [5.41, 5.74) is -2.56. The Morgan fingerprint density at radius 2 is 1.90 bits per heavy atom. The highest BCUT2D eigenvalue weighted by Crippen LogP contribution is 2.40. The molecule has 0 aromatic carbocycles. The number of fused-ring (bicyclic) bond motifs is 2. The molecule has 2 unspecified atom stereocenters. The summed E-state index contributed by atoms with van der Waals surface area (Å²) in [5, 5.41) is 9.61. The topological polar surface area (TPSA) is 43.8 Å². The zero-order valence-electron chi connectivity index (χ0n) is 11.2. The van der Waals surface area contributed by atoms with E-state index in [2.05, 4.69) is 0 Å². The van der Waals surface area contributed by atoms with Crippen LogP contribution < -0.4 is 0 Å². The first-order valence-electron chi connectivity index (χ1n) is 7.12. The molecule has 7 heteroatoms. The van der Waals surface area contributed by atoms with Gasteiger partial charge in [-0.25, -0.2) is 0 Å². The average molecular weight is 292 g/mol. The van der Waals surface area contributed by atoms with Crippen LogP contribution in [-0.2, 0) is 4.79 Å². The third-order valence-corrected chi connectivity index (χ3v) is 5.04. The van der Waals surface area contributed by atoms with E-state index in [1.807, 2.05) is 9.80 Å². The number of aliphatic hydroxyl groups is 1. The number of halogens is 3. The van der Waals surface area contributed by atoms with E-state index in [0.717, 1.165) is 19.3 Å². The largest absolute Gasteiger partial charge is 0.417 e. The lowest BCUT2D eigenvalue weighted by Gasteiger charge is -2.41. The predicted octanol–water partition coefficient (Wildman–Crippen LogP) is 1.34. The highest BCUT2D eigenvalue weighted by Gasteiger charge is 2.55. The summed E-state index contributed by atoms with van der Waals surface area (Å²) in [7, 11) is 0. The summed E-state index contributed by atoms with van der Waals surface area (Å²) in [5.74, 6) is 0.287. The van der Waals surface area contributed by atoms with Crippen LogP contribution in [-0.4, -0.2) is 58.4 Å². The zero-order valence-corrected chi connectivity index (χ0v) is 11.2. The highest BCUT2D eigenvalue weighted by atomic mass is 19.4.